The highest BCUT2D eigenvalue weighted by atomic mass is 35.5. The first-order valence-electron chi connectivity index (χ1n) is 6.07. The summed E-state index contributed by atoms with van der Waals surface area (Å²) in [6.45, 7) is 0. The molecule has 0 spiro atoms. The highest BCUT2D eigenvalue weighted by Crippen LogP contribution is 2.36. The smallest absolute Gasteiger partial charge is 0.334 e. The van der Waals surface area contributed by atoms with Crippen LogP contribution in [0.3, 0.4) is 0 Å². The van der Waals surface area contributed by atoms with Gasteiger partial charge in [0.05, 0.1) is 5.56 Å². The van der Waals surface area contributed by atoms with Gasteiger partial charge in [0.1, 0.15) is 5.15 Å². The molecule has 0 aliphatic carbocycles. The second-order valence-corrected chi connectivity index (χ2v) is 4.72. The molecule has 3 aromatic rings. The van der Waals surface area contributed by atoms with Crippen LogP contribution in [-0.4, -0.2) is 15.1 Å². The lowest BCUT2D eigenvalue weighted by Crippen LogP contribution is -2.07. The molecule has 1 aromatic carbocycles. The third-order valence-corrected chi connectivity index (χ3v) is 3.08. The number of alkyl halides is 3. The molecule has 0 saturated heterocycles. The summed E-state index contributed by atoms with van der Waals surface area (Å²) in [7, 11) is 0. The summed E-state index contributed by atoms with van der Waals surface area (Å²) in [6.07, 6.45) is -3.07. The molecule has 0 aliphatic heterocycles. The summed E-state index contributed by atoms with van der Waals surface area (Å²) < 4.78 is 44.0. The van der Waals surface area contributed by atoms with Crippen molar-refractivity contribution < 1.29 is 17.7 Å². The lowest BCUT2D eigenvalue weighted by atomic mass is 10.1. The predicted molar refractivity (Wildman–Crippen MR) is 73.0 cm³/mol. The van der Waals surface area contributed by atoms with E-state index in [0.29, 0.717) is 5.56 Å². The first-order chi connectivity index (χ1) is 10.4. The first-order valence-corrected chi connectivity index (χ1v) is 6.45. The molecule has 0 saturated carbocycles. The Morgan fingerprint density at radius 2 is 1.86 bits per heavy atom. The molecule has 0 atom stereocenters. The molecule has 0 radical (unpaired) electrons. The first kappa shape index (κ1) is 14.5. The maximum Gasteiger partial charge on any atom is 0.417 e. The lowest BCUT2D eigenvalue weighted by molar-refractivity contribution is -0.137. The average molecular weight is 326 g/mol. The zero-order valence-electron chi connectivity index (χ0n) is 10.8. The summed E-state index contributed by atoms with van der Waals surface area (Å²) in [5.74, 6) is -0.0767. The highest BCUT2D eigenvalue weighted by Gasteiger charge is 2.34. The molecule has 22 heavy (non-hydrogen) atoms. The van der Waals surface area contributed by atoms with Crippen LogP contribution in [0.1, 0.15) is 5.56 Å². The third kappa shape index (κ3) is 2.80. The quantitative estimate of drug-likeness (QED) is 0.652. The van der Waals surface area contributed by atoms with E-state index in [0.717, 1.165) is 6.07 Å². The minimum absolute atomic E-state index is 0.0660. The highest BCUT2D eigenvalue weighted by molar-refractivity contribution is 6.29. The normalized spacial score (nSPS) is 11.6. The Balaban J connectivity index is 2.06. The number of halogens is 4. The molecule has 0 fully saturated rings. The van der Waals surface area contributed by atoms with E-state index in [2.05, 4.69) is 15.1 Å². The molecular weight excluding hydrogens is 319 g/mol. The fourth-order valence-electron chi connectivity index (χ4n) is 1.91. The molecular formula is C14H7ClF3N3O. The largest absolute Gasteiger partial charge is 0.417 e. The van der Waals surface area contributed by atoms with Gasteiger partial charge in [-0.1, -0.05) is 35.0 Å². The second-order valence-electron chi connectivity index (χ2n) is 4.33. The molecule has 3 rings (SSSR count). The van der Waals surface area contributed by atoms with Crippen LogP contribution in [0.25, 0.3) is 22.8 Å². The molecule has 112 valence electrons. The molecule has 2 aromatic heterocycles. The van der Waals surface area contributed by atoms with Crippen LogP contribution >= 0.6 is 11.6 Å². The Bertz CT molecular complexity index is 817. The van der Waals surface area contributed by atoms with Crippen LogP contribution in [0.4, 0.5) is 13.2 Å². The molecule has 4 nitrogen and oxygen atoms in total. The number of nitrogens with zero attached hydrogens (tertiary/aromatic N) is 3. The lowest BCUT2D eigenvalue weighted by Gasteiger charge is -2.09. The maximum absolute atomic E-state index is 13.0. The molecule has 0 aliphatic rings. The molecule has 0 amide bonds. The average Bonchev–Trinajstić information content (AvgIpc) is 2.96. The number of hydrogen-bond donors (Lipinski definition) is 0. The molecule has 2 heterocycles. The van der Waals surface area contributed by atoms with Gasteiger partial charge in [-0.25, -0.2) is 4.98 Å². The summed E-state index contributed by atoms with van der Waals surface area (Å²) >= 11 is 5.75. The van der Waals surface area contributed by atoms with Crippen molar-refractivity contribution in [3.8, 4) is 22.8 Å². The van der Waals surface area contributed by atoms with Crippen molar-refractivity contribution in [3.05, 3.63) is 53.3 Å². The van der Waals surface area contributed by atoms with E-state index in [1.54, 1.807) is 6.07 Å². The van der Waals surface area contributed by atoms with E-state index in [-0.39, 0.29) is 22.4 Å². The van der Waals surface area contributed by atoms with Crippen molar-refractivity contribution in [3.63, 3.8) is 0 Å². The van der Waals surface area contributed by atoms with Gasteiger partial charge in [-0.05, 0) is 18.2 Å². The van der Waals surface area contributed by atoms with E-state index in [1.165, 1.54) is 30.5 Å². The van der Waals surface area contributed by atoms with Gasteiger partial charge in [-0.15, -0.1) is 0 Å². The Morgan fingerprint density at radius 3 is 2.59 bits per heavy atom. The van der Waals surface area contributed by atoms with E-state index >= 15 is 0 Å². The zero-order chi connectivity index (χ0) is 15.7. The number of pyridine rings is 1. The topological polar surface area (TPSA) is 51.8 Å². The van der Waals surface area contributed by atoms with E-state index < -0.39 is 11.7 Å². The van der Waals surface area contributed by atoms with Crippen LogP contribution in [0.15, 0.2) is 47.1 Å². The van der Waals surface area contributed by atoms with Gasteiger partial charge in [0.25, 0.3) is 5.89 Å². The number of rotatable bonds is 2. The zero-order valence-corrected chi connectivity index (χ0v) is 11.6. The Kier molecular flexibility index (Phi) is 3.58. The molecule has 8 heteroatoms. The van der Waals surface area contributed by atoms with Crippen molar-refractivity contribution in [2.75, 3.05) is 0 Å². The minimum atomic E-state index is -4.50. The van der Waals surface area contributed by atoms with Crippen molar-refractivity contribution in [2.24, 2.45) is 0 Å². The van der Waals surface area contributed by atoms with Crippen molar-refractivity contribution >= 4 is 11.6 Å². The van der Waals surface area contributed by atoms with Crippen molar-refractivity contribution in [1.82, 2.24) is 15.1 Å². The van der Waals surface area contributed by atoms with Gasteiger partial charge in [-0.3, -0.25) is 0 Å². The molecule has 0 bridgehead atoms. The van der Waals surface area contributed by atoms with Crippen molar-refractivity contribution in [1.29, 1.82) is 0 Å². The molecule has 0 unspecified atom stereocenters. The number of benzene rings is 1. The fraction of sp³-hybridized carbons (Fsp3) is 0.0714. The summed E-state index contributed by atoms with van der Waals surface area (Å²) in [5, 5.41) is 3.83. The summed E-state index contributed by atoms with van der Waals surface area (Å²) in [6, 6.07) is 8.08. The Hall–Kier alpha value is -2.41. The predicted octanol–water partition coefficient (Wildman–Crippen LogP) is 4.47. The van der Waals surface area contributed by atoms with Crippen LogP contribution in [-0.2, 0) is 6.18 Å². The van der Waals surface area contributed by atoms with Crippen LogP contribution in [0.5, 0.6) is 0 Å². The van der Waals surface area contributed by atoms with Gasteiger partial charge in [0, 0.05) is 17.3 Å². The van der Waals surface area contributed by atoms with Gasteiger partial charge in [0.2, 0.25) is 5.82 Å². The van der Waals surface area contributed by atoms with Crippen LogP contribution in [0, 0.1) is 0 Å². The summed E-state index contributed by atoms with van der Waals surface area (Å²) in [5.41, 5.74) is -0.497. The third-order valence-electron chi connectivity index (χ3n) is 2.87. The number of aromatic nitrogens is 3. The standard InChI is InChI=1S/C14H7ClF3N3O/c15-11-7-8(5-6-19-11)13-20-12(21-22-13)9-3-1-2-4-10(9)14(16,17)18/h1-7H. The summed E-state index contributed by atoms with van der Waals surface area (Å²) in [4.78, 5) is 7.81. The molecule has 0 N–H and O–H groups in total. The van der Waals surface area contributed by atoms with Gasteiger partial charge < -0.3 is 4.52 Å². The van der Waals surface area contributed by atoms with Crippen LogP contribution in [0.2, 0.25) is 5.15 Å². The second kappa shape index (κ2) is 5.42. The van der Waals surface area contributed by atoms with Gasteiger partial charge in [-0.2, -0.15) is 18.2 Å². The number of hydrogen-bond acceptors (Lipinski definition) is 4. The van der Waals surface area contributed by atoms with Gasteiger partial charge >= 0.3 is 6.18 Å². The Morgan fingerprint density at radius 1 is 1.09 bits per heavy atom. The van der Waals surface area contributed by atoms with Crippen LogP contribution < -0.4 is 0 Å². The van der Waals surface area contributed by atoms with Gasteiger partial charge in [0.15, 0.2) is 0 Å². The monoisotopic (exact) mass is 325 g/mol. The minimum Gasteiger partial charge on any atom is -0.334 e. The SMILES string of the molecule is FC(F)(F)c1ccccc1-c1noc(-c2ccnc(Cl)c2)n1. The van der Waals surface area contributed by atoms with E-state index in [1.807, 2.05) is 0 Å². The van der Waals surface area contributed by atoms with E-state index in [4.69, 9.17) is 16.1 Å². The fourth-order valence-corrected chi connectivity index (χ4v) is 2.08. The van der Waals surface area contributed by atoms with Crippen molar-refractivity contribution in [2.45, 2.75) is 6.18 Å². The Labute approximate surface area is 127 Å². The van der Waals surface area contributed by atoms with E-state index in [9.17, 15) is 13.2 Å². The maximum atomic E-state index is 13.0.